The fourth-order valence-corrected chi connectivity index (χ4v) is 4.86. The molecule has 1 N–H and O–H groups in total. The Labute approximate surface area is 176 Å². The highest BCUT2D eigenvalue weighted by molar-refractivity contribution is 6.37. The Morgan fingerprint density at radius 1 is 1.14 bits per heavy atom. The van der Waals surface area contributed by atoms with Crippen LogP contribution in [0.2, 0.25) is 10.0 Å². The van der Waals surface area contributed by atoms with Gasteiger partial charge in [0.25, 0.3) is 0 Å². The van der Waals surface area contributed by atoms with E-state index in [4.69, 9.17) is 27.9 Å². The number of hydrogen-bond acceptors (Lipinski definition) is 3. The van der Waals surface area contributed by atoms with E-state index in [1.807, 2.05) is 0 Å². The van der Waals surface area contributed by atoms with Crippen molar-refractivity contribution in [2.45, 2.75) is 64.0 Å². The molecule has 28 heavy (non-hydrogen) atoms. The molecule has 0 unspecified atom stereocenters. The van der Waals surface area contributed by atoms with Crippen molar-refractivity contribution < 1.29 is 13.9 Å². The van der Waals surface area contributed by atoms with E-state index in [-0.39, 0.29) is 22.1 Å². The minimum Gasteiger partial charge on any atom is -0.487 e. The number of carbonyl (C=O) groups excluding carboxylic acids is 1. The Balaban J connectivity index is 1.37. The summed E-state index contributed by atoms with van der Waals surface area (Å²) < 4.78 is 19.3. The van der Waals surface area contributed by atoms with Gasteiger partial charge in [-0.15, -0.1) is 0 Å². The van der Waals surface area contributed by atoms with E-state index in [0.717, 1.165) is 51.2 Å². The van der Waals surface area contributed by atoms with E-state index < -0.39 is 5.82 Å². The van der Waals surface area contributed by atoms with Gasteiger partial charge in [-0.1, -0.05) is 23.2 Å². The van der Waals surface area contributed by atoms with Crippen LogP contribution in [-0.4, -0.2) is 42.6 Å². The van der Waals surface area contributed by atoms with Crippen LogP contribution in [0.4, 0.5) is 4.39 Å². The minimum absolute atomic E-state index is 0.0600. The molecule has 0 aromatic heterocycles. The molecule has 4 nitrogen and oxygen atoms in total. The summed E-state index contributed by atoms with van der Waals surface area (Å²) in [4.78, 5) is 13.7. The van der Waals surface area contributed by atoms with Gasteiger partial charge in [0.15, 0.2) is 5.75 Å². The molecule has 7 heteroatoms. The van der Waals surface area contributed by atoms with E-state index in [9.17, 15) is 9.18 Å². The average molecular weight is 431 g/mol. The van der Waals surface area contributed by atoms with Crippen LogP contribution in [0.5, 0.6) is 5.75 Å². The molecule has 156 valence electrons. The van der Waals surface area contributed by atoms with Crippen LogP contribution in [0.15, 0.2) is 12.1 Å². The maximum atomic E-state index is 13.3. The van der Waals surface area contributed by atoms with Gasteiger partial charge in [-0.2, -0.15) is 0 Å². The molecule has 1 amide bonds. The zero-order chi connectivity index (χ0) is 20.1. The van der Waals surface area contributed by atoms with Gasteiger partial charge in [-0.05, 0) is 69.5 Å². The average Bonchev–Trinajstić information content (AvgIpc) is 2.64. The lowest BCUT2D eigenvalue weighted by Crippen LogP contribution is -2.40. The van der Waals surface area contributed by atoms with E-state index in [1.165, 1.54) is 31.4 Å². The van der Waals surface area contributed by atoms with Gasteiger partial charge >= 0.3 is 0 Å². The van der Waals surface area contributed by atoms with Gasteiger partial charge in [-0.3, -0.25) is 4.79 Å². The van der Waals surface area contributed by atoms with Crippen LogP contribution in [0.1, 0.15) is 51.9 Å². The van der Waals surface area contributed by atoms with Gasteiger partial charge in [0.1, 0.15) is 11.9 Å². The van der Waals surface area contributed by atoms with Gasteiger partial charge in [-0.25, -0.2) is 4.39 Å². The van der Waals surface area contributed by atoms with Crippen molar-refractivity contribution in [3.8, 4) is 5.75 Å². The van der Waals surface area contributed by atoms with Crippen LogP contribution in [0.25, 0.3) is 0 Å². The van der Waals surface area contributed by atoms with Crippen LogP contribution in [0.3, 0.4) is 0 Å². The molecule has 1 aliphatic carbocycles. The summed E-state index contributed by atoms with van der Waals surface area (Å²) in [5.41, 5.74) is 0. The summed E-state index contributed by atoms with van der Waals surface area (Å²) in [6.07, 6.45) is 7.70. The summed E-state index contributed by atoms with van der Waals surface area (Å²) >= 11 is 12.1. The Morgan fingerprint density at radius 3 is 2.32 bits per heavy atom. The number of piperidine rings is 1. The summed E-state index contributed by atoms with van der Waals surface area (Å²) in [6.45, 7) is 4.68. The van der Waals surface area contributed by atoms with E-state index >= 15 is 0 Å². The predicted molar refractivity (Wildman–Crippen MR) is 111 cm³/mol. The first kappa shape index (κ1) is 21.7. The first-order valence-corrected chi connectivity index (χ1v) is 11.0. The zero-order valence-corrected chi connectivity index (χ0v) is 17.9. The first-order chi connectivity index (χ1) is 13.4. The molecule has 2 fully saturated rings. The molecule has 1 aliphatic heterocycles. The van der Waals surface area contributed by atoms with Crippen molar-refractivity contribution in [2.24, 2.45) is 5.92 Å². The molecule has 2 aliphatic rings. The van der Waals surface area contributed by atoms with Crippen LogP contribution in [-0.2, 0) is 4.79 Å². The molecule has 1 aromatic carbocycles. The molecule has 1 saturated carbocycles. The Bertz CT molecular complexity index is 649. The standard InChI is InChI=1S/C21H29Cl2FN2O2/c1-14(27)25-17-4-2-15(3-5-17)6-9-26-10-7-18(8-11-26)28-21-19(22)12-16(24)13-20(21)23/h12-13,15,17-18H,2-11H2,1H3,(H,25,27). The summed E-state index contributed by atoms with van der Waals surface area (Å²) in [5, 5.41) is 3.49. The van der Waals surface area contributed by atoms with Crippen molar-refractivity contribution in [1.82, 2.24) is 10.2 Å². The molecule has 0 atom stereocenters. The number of benzene rings is 1. The van der Waals surface area contributed by atoms with E-state index in [1.54, 1.807) is 6.92 Å². The maximum absolute atomic E-state index is 13.3. The smallest absolute Gasteiger partial charge is 0.217 e. The lowest BCUT2D eigenvalue weighted by molar-refractivity contribution is -0.119. The number of amides is 1. The fraction of sp³-hybridized carbons (Fsp3) is 0.667. The molecule has 0 bridgehead atoms. The predicted octanol–water partition coefficient (Wildman–Crippen LogP) is 5.06. The number of carbonyl (C=O) groups is 1. The normalized spacial score (nSPS) is 24.1. The summed E-state index contributed by atoms with van der Waals surface area (Å²) in [6, 6.07) is 2.84. The largest absolute Gasteiger partial charge is 0.487 e. The van der Waals surface area contributed by atoms with Gasteiger partial charge in [0.2, 0.25) is 5.91 Å². The molecular weight excluding hydrogens is 402 g/mol. The van der Waals surface area contributed by atoms with E-state index in [0.29, 0.717) is 11.8 Å². The van der Waals surface area contributed by atoms with Gasteiger partial charge in [0, 0.05) is 26.1 Å². The number of nitrogens with one attached hydrogen (secondary N) is 1. The lowest BCUT2D eigenvalue weighted by Gasteiger charge is -2.34. The molecule has 0 radical (unpaired) electrons. The van der Waals surface area contributed by atoms with Crippen LogP contribution < -0.4 is 10.1 Å². The summed E-state index contributed by atoms with van der Waals surface area (Å²) in [7, 11) is 0. The topological polar surface area (TPSA) is 41.6 Å². The summed E-state index contributed by atoms with van der Waals surface area (Å²) in [5.74, 6) is 0.773. The fourth-order valence-electron chi connectivity index (χ4n) is 4.31. The number of nitrogens with zero attached hydrogens (tertiary/aromatic N) is 1. The van der Waals surface area contributed by atoms with Crippen molar-refractivity contribution in [3.05, 3.63) is 28.0 Å². The highest BCUT2D eigenvalue weighted by atomic mass is 35.5. The SMILES string of the molecule is CC(=O)NC1CCC(CCN2CCC(Oc3c(Cl)cc(F)cc3Cl)CC2)CC1. The highest BCUT2D eigenvalue weighted by Gasteiger charge is 2.25. The van der Waals surface area contributed by atoms with Crippen molar-refractivity contribution in [3.63, 3.8) is 0 Å². The number of halogens is 3. The molecule has 1 saturated heterocycles. The second-order valence-electron chi connectivity index (χ2n) is 8.06. The third-order valence-corrected chi connectivity index (χ3v) is 6.45. The second kappa shape index (κ2) is 10.1. The molecule has 0 spiro atoms. The van der Waals surface area contributed by atoms with Crippen LogP contribution in [0, 0.1) is 11.7 Å². The number of hydrogen-bond donors (Lipinski definition) is 1. The molecule has 1 heterocycles. The Kier molecular flexibility index (Phi) is 7.84. The monoisotopic (exact) mass is 430 g/mol. The lowest BCUT2D eigenvalue weighted by atomic mass is 9.84. The molecular formula is C21H29Cl2FN2O2. The molecule has 1 aromatic rings. The first-order valence-electron chi connectivity index (χ1n) is 10.2. The Hall–Kier alpha value is -1.04. The zero-order valence-electron chi connectivity index (χ0n) is 16.4. The van der Waals surface area contributed by atoms with Crippen molar-refractivity contribution in [2.75, 3.05) is 19.6 Å². The minimum atomic E-state index is -0.455. The second-order valence-corrected chi connectivity index (χ2v) is 8.88. The number of ether oxygens (including phenoxy) is 1. The van der Waals surface area contributed by atoms with E-state index in [2.05, 4.69) is 10.2 Å². The quantitative estimate of drug-likeness (QED) is 0.685. The van der Waals surface area contributed by atoms with Gasteiger partial charge < -0.3 is 15.0 Å². The van der Waals surface area contributed by atoms with Crippen molar-refractivity contribution in [1.29, 1.82) is 0 Å². The maximum Gasteiger partial charge on any atom is 0.217 e. The molecule has 3 rings (SSSR count). The number of likely N-dealkylation sites (tertiary alicyclic amines) is 1. The third kappa shape index (κ3) is 6.23. The highest BCUT2D eigenvalue weighted by Crippen LogP contribution is 2.35. The van der Waals surface area contributed by atoms with Gasteiger partial charge in [0.05, 0.1) is 10.0 Å². The van der Waals surface area contributed by atoms with Crippen molar-refractivity contribution >= 4 is 29.1 Å². The van der Waals surface area contributed by atoms with Crippen LogP contribution >= 0.6 is 23.2 Å². The third-order valence-electron chi connectivity index (χ3n) is 5.89. The Morgan fingerprint density at radius 2 is 1.75 bits per heavy atom. The number of rotatable bonds is 6.